The van der Waals surface area contributed by atoms with Gasteiger partial charge in [-0.25, -0.2) is 4.98 Å². The zero-order valence-electron chi connectivity index (χ0n) is 12.6. The molecule has 0 aromatic carbocycles. The minimum absolute atomic E-state index is 0.0436. The molecule has 0 saturated heterocycles. The summed E-state index contributed by atoms with van der Waals surface area (Å²) in [5, 5.41) is 23.5. The van der Waals surface area contributed by atoms with Gasteiger partial charge in [0.15, 0.2) is 12.0 Å². The third-order valence-corrected chi connectivity index (χ3v) is 2.84. The Morgan fingerprint density at radius 1 is 1.35 bits per heavy atom. The van der Waals surface area contributed by atoms with Gasteiger partial charge < -0.3 is 20.3 Å². The fourth-order valence-corrected chi connectivity index (χ4v) is 1.73. The minimum atomic E-state index is -5.19. The Kier molecular flexibility index (Phi) is 7.52. The van der Waals surface area contributed by atoms with E-state index >= 15 is 0 Å². The van der Waals surface area contributed by atoms with E-state index in [1.165, 1.54) is 16.2 Å². The number of aliphatic carboxylic acids is 2. The van der Waals surface area contributed by atoms with Gasteiger partial charge in [-0.1, -0.05) is 4.68 Å². The maximum absolute atomic E-state index is 11.4. The predicted octanol–water partition coefficient (Wildman–Crippen LogP) is -1.61. The van der Waals surface area contributed by atoms with Crippen molar-refractivity contribution in [2.45, 2.75) is 12.7 Å². The average molecular weight is 393 g/mol. The first kappa shape index (κ1) is 20.9. The number of halogens is 3. The van der Waals surface area contributed by atoms with E-state index in [0.717, 1.165) is 5.56 Å². The van der Waals surface area contributed by atoms with Gasteiger partial charge in [-0.15, -0.1) is 0 Å². The lowest BCUT2D eigenvalue weighted by atomic mass is 10.3. The summed E-state index contributed by atoms with van der Waals surface area (Å²) in [4.78, 5) is 34.5. The molecule has 2 aromatic rings. The molecule has 0 spiro atoms. The van der Waals surface area contributed by atoms with Crippen molar-refractivity contribution in [2.75, 3.05) is 6.54 Å². The smallest absolute Gasteiger partial charge is 0.430 e. The van der Waals surface area contributed by atoms with Crippen LogP contribution in [0.4, 0.5) is 13.2 Å². The quantitative estimate of drug-likeness (QED) is 0.576. The normalized spacial score (nSPS) is 10.4. The van der Waals surface area contributed by atoms with Crippen molar-refractivity contribution < 1.29 is 42.4 Å². The third-order valence-electron chi connectivity index (χ3n) is 2.36. The molecule has 0 atom stereocenters. The second-order valence-corrected chi connectivity index (χ2v) is 4.93. The van der Waals surface area contributed by atoms with Crippen LogP contribution in [0, 0.1) is 0 Å². The molecule has 10 nitrogen and oxygen atoms in total. The van der Waals surface area contributed by atoms with Crippen LogP contribution in [0.15, 0.2) is 24.0 Å². The summed E-state index contributed by atoms with van der Waals surface area (Å²) in [7, 11) is 0. The highest BCUT2D eigenvalue weighted by atomic mass is 32.1. The number of carboxylic acid groups (broad SMARTS) is 2. The van der Waals surface area contributed by atoms with Crippen molar-refractivity contribution in [3.05, 3.63) is 24.0 Å². The van der Waals surface area contributed by atoms with E-state index < -0.39 is 30.6 Å². The molecule has 0 bridgehead atoms. The zero-order chi connectivity index (χ0) is 19.7. The Morgan fingerprint density at radius 3 is 2.42 bits per heavy atom. The van der Waals surface area contributed by atoms with E-state index in [2.05, 4.69) is 19.8 Å². The number of carbonyl (C=O) groups excluding carboxylic acids is 2. The summed E-state index contributed by atoms with van der Waals surface area (Å²) < 4.78 is 37.0. The Bertz CT molecular complexity index is 752. The monoisotopic (exact) mass is 393 g/mol. The summed E-state index contributed by atoms with van der Waals surface area (Å²) in [6.45, 7) is -0.446. The number of alkyl halides is 3. The summed E-state index contributed by atoms with van der Waals surface area (Å²) >= 11 is 1.24. The highest BCUT2D eigenvalue weighted by Crippen LogP contribution is 2.12. The lowest BCUT2D eigenvalue weighted by Gasteiger charge is -2.03. The molecule has 26 heavy (non-hydrogen) atoms. The summed E-state index contributed by atoms with van der Waals surface area (Å²) in [5.74, 6) is -3.93. The standard InChI is InChI=1S/C10H9N5O3S.C2HF3O2/c16-8(11-4-9(17)18)5-15-2-1-7(3-13-15)10-12-6-19-14-10;3-2(4,5)1(6)7/h1-3,6H,4-5H2,(H-,11,16,17,18);(H,6,7). The number of hydrogen-bond donors (Lipinski definition) is 2. The van der Waals surface area contributed by atoms with Crippen molar-refractivity contribution in [3.8, 4) is 11.4 Å². The number of nitrogens with one attached hydrogen (secondary N) is 1. The van der Waals surface area contributed by atoms with Crippen LogP contribution >= 0.6 is 11.5 Å². The molecule has 0 radical (unpaired) electrons. The van der Waals surface area contributed by atoms with E-state index in [-0.39, 0.29) is 6.54 Å². The van der Waals surface area contributed by atoms with Gasteiger partial charge >= 0.3 is 12.1 Å². The molecule has 0 saturated carbocycles. The van der Waals surface area contributed by atoms with E-state index in [1.54, 1.807) is 24.0 Å². The van der Waals surface area contributed by atoms with Gasteiger partial charge in [-0.3, -0.25) is 9.59 Å². The van der Waals surface area contributed by atoms with Gasteiger partial charge in [-0.2, -0.15) is 17.5 Å². The van der Waals surface area contributed by atoms with Crippen molar-refractivity contribution in [1.29, 1.82) is 0 Å². The van der Waals surface area contributed by atoms with Crippen LogP contribution in [0.5, 0.6) is 0 Å². The topological polar surface area (TPSA) is 149 Å². The van der Waals surface area contributed by atoms with Crippen molar-refractivity contribution in [3.63, 3.8) is 0 Å². The summed E-state index contributed by atoms with van der Waals surface area (Å²) in [6, 6.07) is 1.74. The molecule has 0 aliphatic rings. The Balaban J connectivity index is 0.000000412. The average Bonchev–Trinajstić information content (AvgIpc) is 3.08. The molecule has 0 aliphatic heterocycles. The molecule has 0 fully saturated rings. The molecule has 1 amide bonds. The number of carbonyl (C=O) groups is 3. The molecule has 0 aliphatic carbocycles. The number of aromatic nitrogens is 4. The van der Waals surface area contributed by atoms with Crippen LogP contribution < -0.4 is 15.1 Å². The van der Waals surface area contributed by atoms with Gasteiger partial charge in [-0.05, 0) is 16.6 Å². The number of hydrogen-bond acceptors (Lipinski definition) is 8. The molecule has 0 unspecified atom stereocenters. The lowest BCUT2D eigenvalue weighted by molar-refractivity contribution is -0.742. The van der Waals surface area contributed by atoms with Crippen molar-refractivity contribution in [2.24, 2.45) is 0 Å². The minimum Gasteiger partial charge on any atom is -0.542 e. The Labute approximate surface area is 147 Å². The number of amides is 1. The lowest BCUT2D eigenvalue weighted by Crippen LogP contribution is -2.46. The Morgan fingerprint density at radius 2 is 2.00 bits per heavy atom. The maximum atomic E-state index is 11.4. The van der Waals surface area contributed by atoms with Gasteiger partial charge in [0, 0.05) is 6.07 Å². The zero-order valence-corrected chi connectivity index (χ0v) is 13.5. The highest BCUT2D eigenvalue weighted by Gasteiger charge is 2.28. The van der Waals surface area contributed by atoms with E-state index in [0.29, 0.717) is 5.82 Å². The summed E-state index contributed by atoms with van der Waals surface area (Å²) in [6.07, 6.45) is -2.04. The molecule has 2 aromatic heterocycles. The van der Waals surface area contributed by atoms with Gasteiger partial charge in [0.25, 0.3) is 12.5 Å². The second kappa shape index (κ2) is 9.36. The van der Waals surface area contributed by atoms with Crippen LogP contribution in [0.2, 0.25) is 0 Å². The first-order chi connectivity index (χ1) is 12.1. The molecular weight excluding hydrogens is 383 g/mol. The molecule has 140 valence electrons. The fraction of sp³-hybridized carbons (Fsp3) is 0.250. The van der Waals surface area contributed by atoms with Crippen LogP contribution in [-0.2, 0) is 20.9 Å². The predicted molar refractivity (Wildman–Crippen MR) is 75.0 cm³/mol. The van der Waals surface area contributed by atoms with E-state index in [1.807, 2.05) is 0 Å². The van der Waals surface area contributed by atoms with Crippen LogP contribution in [0.1, 0.15) is 0 Å². The van der Waals surface area contributed by atoms with Crippen LogP contribution in [0.3, 0.4) is 0 Å². The highest BCUT2D eigenvalue weighted by molar-refractivity contribution is 7.03. The maximum Gasteiger partial charge on any atom is 0.430 e. The van der Waals surface area contributed by atoms with Gasteiger partial charge in [0.05, 0.1) is 5.56 Å². The molecule has 2 N–H and O–H groups in total. The van der Waals surface area contributed by atoms with Crippen molar-refractivity contribution >= 4 is 29.4 Å². The second-order valence-electron chi connectivity index (χ2n) is 4.32. The SMILES string of the molecule is O=C(O)CNC(=O)C[n+]1ccc(-c2ncsn2)cn1.O=C([O-])C(F)(F)F. The fourth-order valence-electron chi connectivity index (χ4n) is 1.29. The number of nitrogens with zero attached hydrogens (tertiary/aromatic N) is 4. The Hall–Kier alpha value is -3.16. The van der Waals surface area contributed by atoms with Gasteiger partial charge in [0.2, 0.25) is 0 Å². The first-order valence-corrected chi connectivity index (χ1v) is 7.32. The number of carboxylic acids is 2. The van der Waals surface area contributed by atoms with Crippen LogP contribution in [-0.4, -0.2) is 50.1 Å². The number of rotatable bonds is 5. The van der Waals surface area contributed by atoms with Gasteiger partial charge in [0.1, 0.15) is 24.2 Å². The molecular formula is C12H10F3N5O5S. The largest absolute Gasteiger partial charge is 0.542 e. The van der Waals surface area contributed by atoms with E-state index in [9.17, 15) is 22.8 Å². The molecule has 14 heteroatoms. The van der Waals surface area contributed by atoms with E-state index in [4.69, 9.17) is 15.0 Å². The van der Waals surface area contributed by atoms with Crippen LogP contribution in [0.25, 0.3) is 11.4 Å². The first-order valence-electron chi connectivity index (χ1n) is 6.48. The van der Waals surface area contributed by atoms with Crippen molar-refractivity contribution in [1.82, 2.24) is 19.8 Å². The third kappa shape index (κ3) is 7.61. The summed E-state index contributed by atoms with van der Waals surface area (Å²) in [5.41, 5.74) is 2.37. The molecule has 2 heterocycles. The molecule has 2 rings (SSSR count).